The van der Waals surface area contributed by atoms with E-state index in [1.54, 1.807) is 51.2 Å². The minimum Gasteiger partial charge on any atom is -0.480 e. The number of carbonyl (C=O) groups is 3. The van der Waals surface area contributed by atoms with E-state index in [0.717, 1.165) is 27.6 Å². The molecule has 8 nitrogen and oxygen atoms in total. The molecule has 0 aliphatic heterocycles. The van der Waals surface area contributed by atoms with Crippen molar-refractivity contribution < 1.29 is 29.0 Å². The highest BCUT2D eigenvalue weighted by Gasteiger charge is 2.30. The smallest absolute Gasteiger partial charge is 0.418 e. The zero-order valence-electron chi connectivity index (χ0n) is 22.0. The average molecular weight is 527 g/mol. The van der Waals surface area contributed by atoms with E-state index in [4.69, 9.17) is 9.47 Å². The fraction of sp³-hybridized carbons (Fsp3) is 0.258. The number of ether oxygens (including phenoxy) is 2. The third-order valence-electron chi connectivity index (χ3n) is 6.72. The number of carboxylic acids is 1. The van der Waals surface area contributed by atoms with Crippen molar-refractivity contribution >= 4 is 29.1 Å². The predicted octanol–water partition coefficient (Wildman–Crippen LogP) is 5.96. The van der Waals surface area contributed by atoms with Gasteiger partial charge >= 0.3 is 18.2 Å². The van der Waals surface area contributed by atoms with Crippen LogP contribution < -0.4 is 5.32 Å². The first-order valence-electron chi connectivity index (χ1n) is 12.8. The zero-order valence-corrected chi connectivity index (χ0v) is 22.0. The van der Waals surface area contributed by atoms with Gasteiger partial charge in [0.2, 0.25) is 0 Å². The summed E-state index contributed by atoms with van der Waals surface area (Å²) in [6, 6.07) is 21.9. The van der Waals surface area contributed by atoms with Crippen molar-refractivity contribution in [3.8, 4) is 11.1 Å². The van der Waals surface area contributed by atoms with Gasteiger partial charge in [-0.25, -0.2) is 14.4 Å². The standard InChI is InChI=1S/C31H30N2O6/c1-31(2,3)39-30(37)33-15-14-20-16-19(12-13-27(20)33)17-26(28(34)35)32-29(36)38-18-25-23-10-6-4-8-21(23)22-9-5-7-11-24(22)25/h4-16,25-26H,17-18H2,1-3H3,(H,32,36)(H,34,35)/t26-/m0/s1. The number of amides is 1. The van der Waals surface area contributed by atoms with Crippen molar-refractivity contribution in [2.75, 3.05) is 6.61 Å². The van der Waals surface area contributed by atoms with Crippen molar-refractivity contribution in [2.24, 2.45) is 0 Å². The van der Waals surface area contributed by atoms with E-state index in [1.165, 1.54) is 4.57 Å². The molecule has 1 aliphatic rings. The number of aliphatic carboxylic acids is 1. The zero-order chi connectivity index (χ0) is 27.7. The summed E-state index contributed by atoms with van der Waals surface area (Å²) >= 11 is 0. The molecule has 2 N–H and O–H groups in total. The molecule has 1 heterocycles. The van der Waals surface area contributed by atoms with Crippen LogP contribution in [-0.4, -0.2) is 46.1 Å². The Morgan fingerprint density at radius 2 is 1.59 bits per heavy atom. The number of carbonyl (C=O) groups excluding carboxylic acids is 2. The quantitative estimate of drug-likeness (QED) is 0.321. The van der Waals surface area contributed by atoms with E-state index in [2.05, 4.69) is 5.32 Å². The molecule has 200 valence electrons. The average Bonchev–Trinajstić information content (AvgIpc) is 3.45. The summed E-state index contributed by atoms with van der Waals surface area (Å²) in [5.74, 6) is -1.29. The van der Waals surface area contributed by atoms with E-state index in [-0.39, 0.29) is 18.9 Å². The molecule has 0 unspecified atom stereocenters. The van der Waals surface area contributed by atoms with Gasteiger partial charge in [0, 0.05) is 23.9 Å². The van der Waals surface area contributed by atoms with Crippen LogP contribution in [0.3, 0.4) is 0 Å². The maximum Gasteiger partial charge on any atom is 0.418 e. The summed E-state index contributed by atoms with van der Waals surface area (Å²) in [4.78, 5) is 37.2. The van der Waals surface area contributed by atoms with E-state index < -0.39 is 29.8 Å². The molecule has 8 heteroatoms. The van der Waals surface area contributed by atoms with Crippen LogP contribution in [0.4, 0.5) is 9.59 Å². The Balaban J connectivity index is 1.25. The van der Waals surface area contributed by atoms with Crippen molar-refractivity contribution in [3.63, 3.8) is 0 Å². The highest BCUT2D eigenvalue weighted by atomic mass is 16.6. The largest absolute Gasteiger partial charge is 0.480 e. The number of hydrogen-bond acceptors (Lipinski definition) is 5. The monoisotopic (exact) mass is 526 g/mol. The van der Waals surface area contributed by atoms with Crippen LogP contribution in [0.25, 0.3) is 22.0 Å². The van der Waals surface area contributed by atoms with Gasteiger partial charge in [0.05, 0.1) is 5.52 Å². The lowest BCUT2D eigenvalue weighted by Gasteiger charge is -2.20. The van der Waals surface area contributed by atoms with Gasteiger partial charge in [-0.2, -0.15) is 0 Å². The molecule has 1 aliphatic carbocycles. The molecule has 0 bridgehead atoms. The first-order valence-corrected chi connectivity index (χ1v) is 12.8. The number of alkyl carbamates (subject to hydrolysis) is 1. The van der Waals surface area contributed by atoms with Gasteiger partial charge in [0.25, 0.3) is 0 Å². The Morgan fingerprint density at radius 3 is 2.21 bits per heavy atom. The van der Waals surface area contributed by atoms with Crippen molar-refractivity contribution in [1.29, 1.82) is 0 Å². The second-order valence-corrected chi connectivity index (χ2v) is 10.6. The van der Waals surface area contributed by atoms with E-state index in [0.29, 0.717) is 11.1 Å². The van der Waals surface area contributed by atoms with Crippen LogP contribution >= 0.6 is 0 Å². The molecule has 0 saturated heterocycles. The van der Waals surface area contributed by atoms with Gasteiger partial charge in [-0.1, -0.05) is 54.6 Å². The second-order valence-electron chi connectivity index (χ2n) is 10.6. The number of rotatable bonds is 6. The molecule has 1 atom stereocenters. The lowest BCUT2D eigenvalue weighted by atomic mass is 9.98. The van der Waals surface area contributed by atoms with Gasteiger partial charge in [-0.15, -0.1) is 0 Å². The number of carboxylic acid groups (broad SMARTS) is 1. The first kappa shape index (κ1) is 26.0. The number of nitrogens with one attached hydrogen (secondary N) is 1. The number of nitrogens with zero attached hydrogens (tertiary/aromatic N) is 1. The van der Waals surface area contributed by atoms with Crippen LogP contribution in [-0.2, 0) is 20.7 Å². The maximum absolute atomic E-state index is 12.7. The molecule has 0 radical (unpaired) electrons. The molecule has 1 amide bonds. The lowest BCUT2D eigenvalue weighted by molar-refractivity contribution is -0.139. The third-order valence-corrected chi connectivity index (χ3v) is 6.72. The highest BCUT2D eigenvalue weighted by Crippen LogP contribution is 2.44. The second kappa shape index (κ2) is 10.3. The van der Waals surface area contributed by atoms with Gasteiger partial charge in [-0.05, 0) is 66.8 Å². The van der Waals surface area contributed by atoms with Crippen LogP contribution in [0.5, 0.6) is 0 Å². The van der Waals surface area contributed by atoms with Crippen LogP contribution in [0.1, 0.15) is 43.4 Å². The fourth-order valence-electron chi connectivity index (χ4n) is 5.01. The van der Waals surface area contributed by atoms with Gasteiger partial charge in [0.1, 0.15) is 18.2 Å². The molecule has 5 rings (SSSR count). The van der Waals surface area contributed by atoms with Crippen molar-refractivity contribution in [2.45, 2.75) is 44.8 Å². The fourth-order valence-corrected chi connectivity index (χ4v) is 5.01. The number of hydrogen-bond donors (Lipinski definition) is 2. The number of benzene rings is 3. The summed E-state index contributed by atoms with van der Waals surface area (Å²) in [6.07, 6.45) is 0.381. The molecule has 3 aromatic carbocycles. The van der Waals surface area contributed by atoms with Crippen LogP contribution in [0.15, 0.2) is 79.0 Å². The summed E-state index contributed by atoms with van der Waals surface area (Å²) in [5.41, 5.74) is 5.08. The van der Waals surface area contributed by atoms with Crippen molar-refractivity contribution in [1.82, 2.24) is 9.88 Å². The first-order chi connectivity index (χ1) is 18.6. The van der Waals surface area contributed by atoms with Gasteiger partial charge in [0.15, 0.2) is 0 Å². The molecule has 39 heavy (non-hydrogen) atoms. The molecule has 0 fully saturated rings. The molecular weight excluding hydrogens is 496 g/mol. The van der Waals surface area contributed by atoms with E-state index >= 15 is 0 Å². The van der Waals surface area contributed by atoms with Crippen LogP contribution in [0, 0.1) is 0 Å². The highest BCUT2D eigenvalue weighted by molar-refractivity contribution is 5.90. The van der Waals surface area contributed by atoms with Gasteiger partial charge in [-0.3, -0.25) is 4.57 Å². The molecule has 4 aromatic rings. The van der Waals surface area contributed by atoms with E-state index in [9.17, 15) is 19.5 Å². The molecule has 0 spiro atoms. The Hall–Kier alpha value is -4.59. The van der Waals surface area contributed by atoms with E-state index in [1.807, 2.05) is 48.5 Å². The van der Waals surface area contributed by atoms with Gasteiger partial charge < -0.3 is 19.9 Å². The summed E-state index contributed by atoms with van der Waals surface area (Å²) in [7, 11) is 0. The Morgan fingerprint density at radius 1 is 0.949 bits per heavy atom. The van der Waals surface area contributed by atoms with Crippen molar-refractivity contribution in [3.05, 3.63) is 95.7 Å². The summed E-state index contributed by atoms with van der Waals surface area (Å²) in [5, 5.41) is 13.0. The normalized spacial score (nSPS) is 13.4. The minimum absolute atomic E-state index is 0.0487. The number of fused-ring (bicyclic) bond motifs is 4. The third kappa shape index (κ3) is 5.50. The Bertz CT molecular complexity index is 1520. The summed E-state index contributed by atoms with van der Waals surface area (Å²) in [6.45, 7) is 5.48. The lowest BCUT2D eigenvalue weighted by Crippen LogP contribution is -2.42. The minimum atomic E-state index is -1.19. The Labute approximate surface area is 226 Å². The topological polar surface area (TPSA) is 107 Å². The Kier molecular flexibility index (Phi) is 6.87. The predicted molar refractivity (Wildman–Crippen MR) is 147 cm³/mol. The summed E-state index contributed by atoms with van der Waals surface area (Å²) < 4.78 is 12.4. The number of aromatic nitrogens is 1. The van der Waals surface area contributed by atoms with Crippen LogP contribution in [0.2, 0.25) is 0 Å². The molecular formula is C31H30N2O6. The molecule has 1 aromatic heterocycles. The SMILES string of the molecule is CC(C)(C)OC(=O)n1ccc2cc(C[C@H](NC(=O)OCC3c4ccccc4-c4ccccc43)C(=O)O)ccc21. The maximum atomic E-state index is 12.7. The molecule has 0 saturated carbocycles.